The van der Waals surface area contributed by atoms with E-state index in [9.17, 15) is 18.3 Å². The van der Waals surface area contributed by atoms with Crippen LogP contribution in [0.15, 0.2) is 42.6 Å². The fourth-order valence-corrected chi connectivity index (χ4v) is 4.19. The van der Waals surface area contributed by atoms with Gasteiger partial charge in [-0.3, -0.25) is 4.55 Å². The van der Waals surface area contributed by atoms with E-state index in [1.807, 2.05) is 18.2 Å². The van der Waals surface area contributed by atoms with Gasteiger partial charge >= 0.3 is 0 Å². The van der Waals surface area contributed by atoms with Crippen LogP contribution in [0.25, 0.3) is 27.1 Å². The lowest BCUT2D eigenvalue weighted by molar-refractivity contribution is -0.516. The Labute approximate surface area is 202 Å². The molecule has 2 aromatic heterocycles. The first kappa shape index (κ1) is 25.8. The molecule has 0 atom stereocenters. The van der Waals surface area contributed by atoms with Crippen LogP contribution in [-0.4, -0.2) is 53.1 Å². The fourth-order valence-electron chi connectivity index (χ4n) is 3.89. The number of carbonyl (C=O) groups is 1. The van der Waals surface area contributed by atoms with Crippen LogP contribution >= 0.6 is 0 Å². The highest BCUT2D eigenvalue weighted by molar-refractivity contribution is 7.86. The number of pyridine rings is 2. The quantitative estimate of drug-likeness (QED) is 0.180. The zero-order valence-electron chi connectivity index (χ0n) is 19.8. The van der Waals surface area contributed by atoms with E-state index in [0.717, 1.165) is 50.0 Å². The summed E-state index contributed by atoms with van der Waals surface area (Å²) >= 11 is 0. The molecule has 0 aliphatic heterocycles. The number of rotatable bonds is 6. The molecule has 35 heavy (non-hydrogen) atoms. The molecule has 0 saturated carbocycles. The van der Waals surface area contributed by atoms with Gasteiger partial charge < -0.3 is 28.8 Å². The first-order chi connectivity index (χ1) is 16.5. The zero-order chi connectivity index (χ0) is 25.9. The summed E-state index contributed by atoms with van der Waals surface area (Å²) in [5.41, 5.74) is 2.21. The minimum Gasteiger partial charge on any atom is -0.549 e. The van der Waals surface area contributed by atoms with Gasteiger partial charge in [0.15, 0.2) is 34.9 Å². The van der Waals surface area contributed by atoms with Crippen molar-refractivity contribution >= 4 is 43.1 Å². The predicted octanol–water partition coefficient (Wildman–Crippen LogP) is 1.70. The third kappa shape index (κ3) is 5.31. The Morgan fingerprint density at radius 3 is 2.03 bits per heavy atom. The minimum absolute atomic E-state index is 0.716. The molecule has 4 aromatic rings. The van der Waals surface area contributed by atoms with Crippen molar-refractivity contribution < 1.29 is 46.2 Å². The second kappa shape index (κ2) is 10.2. The molecule has 0 aliphatic carbocycles. The first-order valence-electron chi connectivity index (χ1n) is 10.2. The van der Waals surface area contributed by atoms with Gasteiger partial charge in [-0.1, -0.05) is 0 Å². The summed E-state index contributed by atoms with van der Waals surface area (Å²) in [6.07, 6.45) is 2.06. The SMILES string of the molecule is COc1cc2cc3c4ccc(OC)c(OC)c4cc[n+]3c(C)c2cc1OC.O=C([O-])CS(=O)(=O)O. The summed E-state index contributed by atoms with van der Waals surface area (Å²) in [4.78, 5) is 9.36. The molecule has 0 bridgehead atoms. The Bertz CT molecular complexity index is 1530. The van der Waals surface area contributed by atoms with Gasteiger partial charge in [-0.2, -0.15) is 12.8 Å². The number of carboxylic acids is 1. The second-order valence-electron chi connectivity index (χ2n) is 7.46. The molecule has 2 aromatic carbocycles. The smallest absolute Gasteiger partial charge is 0.270 e. The van der Waals surface area contributed by atoms with Crippen molar-refractivity contribution in [2.24, 2.45) is 0 Å². The summed E-state index contributed by atoms with van der Waals surface area (Å²) in [5.74, 6) is -0.255. The van der Waals surface area contributed by atoms with Gasteiger partial charge in [0.25, 0.3) is 10.1 Å². The largest absolute Gasteiger partial charge is 0.549 e. The van der Waals surface area contributed by atoms with E-state index in [1.54, 1.807) is 28.4 Å². The Hall–Kier alpha value is -3.83. The molecule has 0 unspecified atom stereocenters. The molecule has 186 valence electrons. The van der Waals surface area contributed by atoms with E-state index >= 15 is 0 Å². The lowest BCUT2D eigenvalue weighted by Gasteiger charge is -2.12. The van der Waals surface area contributed by atoms with E-state index in [0.29, 0.717) is 5.75 Å². The van der Waals surface area contributed by atoms with Crippen molar-refractivity contribution in [1.82, 2.24) is 0 Å². The highest BCUT2D eigenvalue weighted by Crippen LogP contribution is 2.38. The van der Waals surface area contributed by atoms with Crippen molar-refractivity contribution in [3.05, 3.63) is 48.3 Å². The van der Waals surface area contributed by atoms with E-state index in [1.165, 1.54) is 0 Å². The summed E-state index contributed by atoms with van der Waals surface area (Å²) in [6.45, 7) is 2.10. The van der Waals surface area contributed by atoms with Crippen LogP contribution in [0.3, 0.4) is 0 Å². The molecule has 0 radical (unpaired) electrons. The number of aromatic nitrogens is 1. The second-order valence-corrected chi connectivity index (χ2v) is 8.91. The maximum Gasteiger partial charge on any atom is 0.270 e. The van der Waals surface area contributed by atoms with Crippen molar-refractivity contribution in [1.29, 1.82) is 0 Å². The van der Waals surface area contributed by atoms with Gasteiger partial charge in [0.1, 0.15) is 5.75 Å². The number of fused-ring (bicyclic) bond motifs is 4. The molecular formula is C24H25NO9S. The number of hydrogen-bond donors (Lipinski definition) is 1. The summed E-state index contributed by atoms with van der Waals surface area (Å²) in [7, 11) is 2.23. The lowest BCUT2D eigenvalue weighted by Crippen LogP contribution is -2.30. The molecule has 2 heterocycles. The van der Waals surface area contributed by atoms with Gasteiger partial charge in [0.05, 0.1) is 45.2 Å². The maximum atomic E-state index is 9.58. The Kier molecular flexibility index (Phi) is 7.51. The van der Waals surface area contributed by atoms with Gasteiger partial charge in [0.2, 0.25) is 5.52 Å². The molecule has 4 rings (SSSR count). The number of aryl methyl sites for hydroxylation is 1. The zero-order valence-corrected chi connectivity index (χ0v) is 20.6. The highest BCUT2D eigenvalue weighted by Gasteiger charge is 2.20. The number of ether oxygens (including phenoxy) is 4. The monoisotopic (exact) mass is 503 g/mol. The summed E-state index contributed by atoms with van der Waals surface area (Å²) in [6, 6.07) is 12.3. The first-order valence-corrected chi connectivity index (χ1v) is 11.8. The van der Waals surface area contributed by atoms with Crippen molar-refractivity contribution in [2.75, 3.05) is 34.2 Å². The number of carboxylic acid groups (broad SMARTS) is 1. The molecule has 0 fully saturated rings. The van der Waals surface area contributed by atoms with Crippen LogP contribution < -0.4 is 28.5 Å². The van der Waals surface area contributed by atoms with E-state index < -0.39 is 21.8 Å². The number of methoxy groups -OCH3 is 4. The standard InChI is InChI=1S/C22H22NO4.C2H4O5S/c1-13-17-12-21(26-4)20(25-3)11-14(17)10-18-15-6-7-19(24-2)22(27-5)16(15)8-9-23(13)18;3-2(4)1-8(5,6)7/h6-12H,1-5H3;1H2,(H,3,4)(H,5,6,7)/q+1;/p-1. The number of aliphatic carboxylic acids is 1. The lowest BCUT2D eigenvalue weighted by atomic mass is 10.0. The van der Waals surface area contributed by atoms with E-state index in [2.05, 4.69) is 35.7 Å². The molecule has 0 saturated heterocycles. The fraction of sp³-hybridized carbons (Fsp3) is 0.250. The third-order valence-electron chi connectivity index (χ3n) is 5.41. The molecule has 11 heteroatoms. The number of nitrogens with zero attached hydrogens (tertiary/aromatic N) is 1. The predicted molar refractivity (Wildman–Crippen MR) is 127 cm³/mol. The highest BCUT2D eigenvalue weighted by atomic mass is 32.2. The van der Waals surface area contributed by atoms with E-state index in [4.69, 9.17) is 23.5 Å². The van der Waals surface area contributed by atoms with Gasteiger partial charge in [-0.25, -0.2) is 0 Å². The topological polar surface area (TPSA) is 136 Å². The average Bonchev–Trinajstić information content (AvgIpc) is 2.81. The van der Waals surface area contributed by atoms with Gasteiger partial charge in [0, 0.05) is 24.4 Å². The number of benzene rings is 2. The minimum atomic E-state index is -4.39. The Balaban J connectivity index is 0.000000371. The average molecular weight is 504 g/mol. The van der Waals surface area contributed by atoms with Crippen LogP contribution in [-0.2, 0) is 14.9 Å². The summed E-state index contributed by atoms with van der Waals surface area (Å²) < 4.78 is 51.1. The normalized spacial score (nSPS) is 11.1. The molecular weight excluding hydrogens is 478 g/mol. The molecule has 0 amide bonds. The molecule has 0 spiro atoms. The van der Waals surface area contributed by atoms with E-state index in [-0.39, 0.29) is 0 Å². The summed E-state index contributed by atoms with van der Waals surface area (Å²) in [5, 5.41) is 13.7. The maximum absolute atomic E-state index is 9.58. The molecule has 10 nitrogen and oxygen atoms in total. The molecule has 0 aliphatic rings. The van der Waals surface area contributed by atoms with Crippen LogP contribution in [0.5, 0.6) is 23.0 Å². The van der Waals surface area contributed by atoms with Crippen molar-refractivity contribution in [2.45, 2.75) is 6.92 Å². The van der Waals surface area contributed by atoms with Gasteiger partial charge in [-0.15, -0.1) is 0 Å². The van der Waals surface area contributed by atoms with Crippen LogP contribution in [0.2, 0.25) is 0 Å². The van der Waals surface area contributed by atoms with Crippen molar-refractivity contribution in [3.8, 4) is 23.0 Å². The number of carbonyl (C=O) groups excluding carboxylic acids is 1. The van der Waals surface area contributed by atoms with Crippen LogP contribution in [0.1, 0.15) is 5.69 Å². The van der Waals surface area contributed by atoms with Crippen LogP contribution in [0.4, 0.5) is 0 Å². The molecule has 1 N–H and O–H groups in total. The van der Waals surface area contributed by atoms with Crippen LogP contribution in [0, 0.1) is 6.92 Å². The number of hydrogen-bond acceptors (Lipinski definition) is 8. The van der Waals surface area contributed by atoms with Gasteiger partial charge in [-0.05, 0) is 29.7 Å². The Morgan fingerprint density at radius 2 is 1.51 bits per heavy atom. The Morgan fingerprint density at radius 1 is 0.886 bits per heavy atom. The van der Waals surface area contributed by atoms with Crippen molar-refractivity contribution in [3.63, 3.8) is 0 Å². The third-order valence-corrected chi connectivity index (χ3v) is 6.01.